The lowest BCUT2D eigenvalue weighted by atomic mass is 10.1. The van der Waals surface area contributed by atoms with Crippen LogP contribution in [0.1, 0.15) is 22.8 Å². The monoisotopic (exact) mass is 252 g/mol. The van der Waals surface area contributed by atoms with Crippen LogP contribution in [0.3, 0.4) is 0 Å². The molecule has 2 aromatic rings. The highest BCUT2D eigenvalue weighted by Gasteiger charge is 2.07. The van der Waals surface area contributed by atoms with Gasteiger partial charge in [-0.15, -0.1) is 0 Å². The summed E-state index contributed by atoms with van der Waals surface area (Å²) in [6.45, 7) is 2.48. The van der Waals surface area contributed by atoms with Gasteiger partial charge in [0.2, 0.25) is 0 Å². The molecule has 1 atom stereocenters. The van der Waals surface area contributed by atoms with E-state index < -0.39 is 6.10 Å². The molecule has 19 heavy (non-hydrogen) atoms. The molecule has 0 aliphatic heterocycles. The summed E-state index contributed by atoms with van der Waals surface area (Å²) in [4.78, 5) is 0. The molecular formula is C16H16N2O. The number of hydrogen-bond donors (Lipinski definition) is 2. The molecule has 0 aliphatic rings. The lowest BCUT2D eigenvalue weighted by Gasteiger charge is -2.13. The zero-order valence-electron chi connectivity index (χ0n) is 10.8. The molecule has 2 aromatic carbocycles. The van der Waals surface area contributed by atoms with Crippen molar-refractivity contribution >= 4 is 5.69 Å². The van der Waals surface area contributed by atoms with Gasteiger partial charge >= 0.3 is 0 Å². The lowest BCUT2D eigenvalue weighted by molar-refractivity contribution is 0.191. The second kappa shape index (κ2) is 6.03. The van der Waals surface area contributed by atoms with E-state index in [9.17, 15) is 5.11 Å². The van der Waals surface area contributed by atoms with Crippen molar-refractivity contribution in [1.82, 2.24) is 0 Å². The van der Waals surface area contributed by atoms with Crippen LogP contribution in [0.2, 0.25) is 0 Å². The third-order valence-electron chi connectivity index (χ3n) is 2.98. The van der Waals surface area contributed by atoms with Crippen molar-refractivity contribution in [3.05, 3.63) is 65.2 Å². The van der Waals surface area contributed by atoms with Crippen LogP contribution >= 0.6 is 0 Å². The Morgan fingerprint density at radius 1 is 1.11 bits per heavy atom. The molecule has 3 heteroatoms. The Hall–Kier alpha value is -2.31. The van der Waals surface area contributed by atoms with Gasteiger partial charge in [0, 0.05) is 12.2 Å². The summed E-state index contributed by atoms with van der Waals surface area (Å²) in [5, 5.41) is 22.0. The number of rotatable bonds is 4. The van der Waals surface area contributed by atoms with Gasteiger partial charge in [-0.2, -0.15) is 5.26 Å². The molecule has 0 aliphatic carbocycles. The van der Waals surface area contributed by atoms with Gasteiger partial charge in [0.1, 0.15) is 0 Å². The summed E-state index contributed by atoms with van der Waals surface area (Å²) in [6, 6.07) is 17.1. The number of aryl methyl sites for hydroxylation is 1. The van der Waals surface area contributed by atoms with E-state index in [1.807, 2.05) is 31.2 Å². The molecule has 0 spiro atoms. The Kier molecular flexibility index (Phi) is 4.17. The molecule has 2 rings (SSSR count). The minimum atomic E-state index is -0.589. The van der Waals surface area contributed by atoms with E-state index in [1.54, 1.807) is 24.3 Å². The fraction of sp³-hybridized carbons (Fsp3) is 0.188. The summed E-state index contributed by atoms with van der Waals surface area (Å²) in [5.74, 6) is 0. The normalized spacial score (nSPS) is 11.6. The Labute approximate surface area is 113 Å². The Morgan fingerprint density at radius 2 is 1.74 bits per heavy atom. The first-order chi connectivity index (χ1) is 9.19. The van der Waals surface area contributed by atoms with Gasteiger partial charge < -0.3 is 10.4 Å². The van der Waals surface area contributed by atoms with Crippen LogP contribution in [0.15, 0.2) is 48.5 Å². The zero-order valence-corrected chi connectivity index (χ0v) is 10.8. The first-order valence-electron chi connectivity index (χ1n) is 6.18. The fourth-order valence-corrected chi connectivity index (χ4v) is 1.78. The molecule has 0 saturated heterocycles. The van der Waals surface area contributed by atoms with E-state index in [1.165, 1.54) is 5.56 Å². The van der Waals surface area contributed by atoms with Gasteiger partial charge in [0.15, 0.2) is 0 Å². The number of benzene rings is 2. The number of anilines is 1. The van der Waals surface area contributed by atoms with Gasteiger partial charge in [-0.25, -0.2) is 0 Å². The van der Waals surface area contributed by atoms with Crippen LogP contribution in [0.4, 0.5) is 5.69 Å². The third kappa shape index (κ3) is 3.57. The molecule has 0 heterocycles. The molecular weight excluding hydrogens is 236 g/mol. The molecule has 0 bridgehead atoms. The van der Waals surface area contributed by atoms with Crippen LogP contribution in [0.25, 0.3) is 0 Å². The van der Waals surface area contributed by atoms with Crippen LogP contribution in [-0.4, -0.2) is 11.7 Å². The Bertz CT molecular complexity index is 567. The molecule has 0 fully saturated rings. The smallest absolute Gasteiger partial charge is 0.0991 e. The standard InChI is InChI=1S/C16H16N2O/c1-12-2-8-15(9-3-12)18-11-16(19)14-6-4-13(10-17)5-7-14/h2-9,16,18-19H,11H2,1H3. The molecule has 96 valence electrons. The minimum absolute atomic E-state index is 0.439. The van der Waals surface area contributed by atoms with Crippen molar-refractivity contribution < 1.29 is 5.11 Å². The number of nitrogens with one attached hydrogen (secondary N) is 1. The van der Waals surface area contributed by atoms with Gasteiger partial charge in [0.25, 0.3) is 0 Å². The molecule has 3 nitrogen and oxygen atoms in total. The highest BCUT2D eigenvalue weighted by Crippen LogP contribution is 2.15. The van der Waals surface area contributed by atoms with Gasteiger partial charge in [-0.3, -0.25) is 0 Å². The van der Waals surface area contributed by atoms with E-state index in [2.05, 4.69) is 11.4 Å². The molecule has 2 N–H and O–H groups in total. The van der Waals surface area contributed by atoms with Crippen molar-refractivity contribution in [2.75, 3.05) is 11.9 Å². The maximum Gasteiger partial charge on any atom is 0.0991 e. The van der Waals surface area contributed by atoms with Crippen molar-refractivity contribution in [2.45, 2.75) is 13.0 Å². The van der Waals surface area contributed by atoms with Gasteiger partial charge in [-0.05, 0) is 36.8 Å². The van der Waals surface area contributed by atoms with Crippen LogP contribution in [-0.2, 0) is 0 Å². The Morgan fingerprint density at radius 3 is 2.32 bits per heavy atom. The summed E-state index contributed by atoms with van der Waals surface area (Å²) >= 11 is 0. The number of nitriles is 1. The molecule has 1 unspecified atom stereocenters. The maximum absolute atomic E-state index is 10.1. The molecule has 0 aromatic heterocycles. The summed E-state index contributed by atoms with van der Waals surface area (Å²) in [6.07, 6.45) is -0.589. The number of hydrogen-bond acceptors (Lipinski definition) is 3. The summed E-state index contributed by atoms with van der Waals surface area (Å²) in [7, 11) is 0. The van der Waals surface area contributed by atoms with E-state index >= 15 is 0 Å². The number of aliphatic hydroxyl groups is 1. The molecule has 0 amide bonds. The Balaban J connectivity index is 1.95. The predicted molar refractivity (Wildman–Crippen MR) is 75.8 cm³/mol. The van der Waals surface area contributed by atoms with Crippen molar-refractivity contribution in [3.8, 4) is 6.07 Å². The van der Waals surface area contributed by atoms with Crippen molar-refractivity contribution in [3.63, 3.8) is 0 Å². The van der Waals surface area contributed by atoms with E-state index in [-0.39, 0.29) is 0 Å². The quantitative estimate of drug-likeness (QED) is 0.879. The van der Waals surface area contributed by atoms with Crippen molar-refractivity contribution in [2.24, 2.45) is 0 Å². The first kappa shape index (κ1) is 13.1. The first-order valence-corrected chi connectivity index (χ1v) is 6.18. The van der Waals surface area contributed by atoms with Crippen LogP contribution in [0.5, 0.6) is 0 Å². The summed E-state index contributed by atoms with van der Waals surface area (Å²) in [5.41, 5.74) is 3.59. The highest BCUT2D eigenvalue weighted by molar-refractivity contribution is 5.44. The van der Waals surface area contributed by atoms with Gasteiger partial charge in [-0.1, -0.05) is 29.8 Å². The second-order valence-corrected chi connectivity index (χ2v) is 4.50. The highest BCUT2D eigenvalue weighted by atomic mass is 16.3. The lowest BCUT2D eigenvalue weighted by Crippen LogP contribution is -2.12. The average Bonchev–Trinajstić information content (AvgIpc) is 2.46. The van der Waals surface area contributed by atoms with E-state index in [4.69, 9.17) is 5.26 Å². The SMILES string of the molecule is Cc1ccc(NCC(O)c2ccc(C#N)cc2)cc1. The summed E-state index contributed by atoms with van der Waals surface area (Å²) < 4.78 is 0. The minimum Gasteiger partial charge on any atom is -0.387 e. The maximum atomic E-state index is 10.1. The predicted octanol–water partition coefficient (Wildman–Crippen LogP) is 3.01. The number of nitrogens with zero attached hydrogens (tertiary/aromatic N) is 1. The van der Waals surface area contributed by atoms with E-state index in [0.717, 1.165) is 11.3 Å². The van der Waals surface area contributed by atoms with Crippen molar-refractivity contribution in [1.29, 1.82) is 5.26 Å². The topological polar surface area (TPSA) is 56.0 Å². The zero-order chi connectivity index (χ0) is 13.7. The van der Waals surface area contributed by atoms with Crippen LogP contribution in [0, 0.1) is 18.3 Å². The van der Waals surface area contributed by atoms with Crippen LogP contribution < -0.4 is 5.32 Å². The molecule has 0 saturated carbocycles. The average molecular weight is 252 g/mol. The largest absolute Gasteiger partial charge is 0.387 e. The number of aliphatic hydroxyl groups excluding tert-OH is 1. The third-order valence-corrected chi connectivity index (χ3v) is 2.98. The molecule has 0 radical (unpaired) electrons. The van der Waals surface area contributed by atoms with Gasteiger partial charge in [0.05, 0.1) is 17.7 Å². The van der Waals surface area contributed by atoms with E-state index in [0.29, 0.717) is 12.1 Å². The second-order valence-electron chi connectivity index (χ2n) is 4.50. The fourth-order valence-electron chi connectivity index (χ4n) is 1.78.